The van der Waals surface area contributed by atoms with Crippen molar-refractivity contribution in [3.8, 4) is 0 Å². The van der Waals surface area contributed by atoms with Crippen LogP contribution in [0.4, 0.5) is 4.39 Å². The molecule has 0 amide bonds. The Morgan fingerprint density at radius 1 is 1.53 bits per heavy atom. The van der Waals surface area contributed by atoms with Gasteiger partial charge in [-0.1, -0.05) is 0 Å². The molecule has 0 radical (unpaired) electrons. The Morgan fingerprint density at radius 3 is 2.95 bits per heavy atom. The zero-order valence-electron chi connectivity index (χ0n) is 10.5. The number of H-pyrrole nitrogens is 1. The molecule has 0 spiro atoms. The fraction of sp³-hybridized carbons (Fsp3) is 0.462. The van der Waals surface area contributed by atoms with E-state index in [1.165, 1.54) is 0 Å². The van der Waals surface area contributed by atoms with Crippen LogP contribution in [-0.4, -0.2) is 22.3 Å². The minimum atomic E-state index is -0.198. The Kier molecular flexibility index (Phi) is 3.65. The van der Waals surface area contributed by atoms with Gasteiger partial charge in [0.05, 0.1) is 20.7 Å². The van der Waals surface area contributed by atoms with Crippen LogP contribution in [0.3, 0.4) is 0 Å². The average molecular weight is 392 g/mol. The predicted molar refractivity (Wildman–Crippen MR) is 83.5 cm³/mol. The number of fused-ring (bicyclic) bond motifs is 1. The van der Waals surface area contributed by atoms with E-state index in [9.17, 15) is 4.39 Å². The molecule has 19 heavy (non-hydrogen) atoms. The monoisotopic (exact) mass is 392 g/mol. The molecule has 3 rings (SSSR count). The number of ether oxygens (including phenoxy) is 1. The van der Waals surface area contributed by atoms with Crippen LogP contribution in [-0.2, 0) is 4.74 Å². The normalized spacial score (nSPS) is 22.7. The molecule has 3 nitrogen and oxygen atoms in total. The van der Waals surface area contributed by atoms with Gasteiger partial charge in [0.1, 0.15) is 5.82 Å². The Balaban J connectivity index is 1.98. The fourth-order valence-corrected chi connectivity index (χ4v) is 3.43. The number of nitrogens with one attached hydrogen (secondary N) is 1. The van der Waals surface area contributed by atoms with Crippen molar-refractivity contribution < 1.29 is 9.13 Å². The van der Waals surface area contributed by atoms with Gasteiger partial charge in [0.25, 0.3) is 0 Å². The maximum atomic E-state index is 13.7. The minimum absolute atomic E-state index is 0.198. The van der Waals surface area contributed by atoms with E-state index in [1.807, 2.05) is 34.1 Å². The van der Waals surface area contributed by atoms with Crippen molar-refractivity contribution in [1.29, 1.82) is 0 Å². The molecular weight excluding hydrogens is 378 g/mol. The average Bonchev–Trinajstić information content (AvgIpc) is 2.60. The summed E-state index contributed by atoms with van der Waals surface area (Å²) in [6.07, 6.45) is 2.21. The summed E-state index contributed by atoms with van der Waals surface area (Å²) in [4.78, 5) is 3.16. The first kappa shape index (κ1) is 13.5. The molecule has 1 fully saturated rings. The highest BCUT2D eigenvalue weighted by atomic mass is 127. The number of aromatic nitrogens is 2. The molecule has 1 aliphatic carbocycles. The first-order valence-electron chi connectivity index (χ1n) is 6.31. The molecular formula is C13H14FIN2OS. The summed E-state index contributed by atoms with van der Waals surface area (Å²) in [5.74, 6) is -0.198. The summed E-state index contributed by atoms with van der Waals surface area (Å²) in [7, 11) is 0. The van der Waals surface area contributed by atoms with E-state index in [2.05, 4.69) is 4.98 Å². The number of halogens is 2. The highest BCUT2D eigenvalue weighted by Crippen LogP contribution is 2.37. The van der Waals surface area contributed by atoms with Crippen LogP contribution in [0.15, 0.2) is 12.1 Å². The third-order valence-corrected chi connectivity index (χ3v) is 4.72. The number of imidazole rings is 1. The number of nitrogens with zero attached hydrogens (tertiary/aromatic N) is 1. The zero-order valence-corrected chi connectivity index (χ0v) is 13.4. The second-order valence-corrected chi connectivity index (χ2v) is 6.34. The van der Waals surface area contributed by atoms with Gasteiger partial charge in [0.15, 0.2) is 4.77 Å². The van der Waals surface area contributed by atoms with Gasteiger partial charge in [-0.25, -0.2) is 4.39 Å². The quantitative estimate of drug-likeness (QED) is 0.628. The van der Waals surface area contributed by atoms with Crippen molar-refractivity contribution >= 4 is 45.8 Å². The van der Waals surface area contributed by atoms with Crippen LogP contribution in [0, 0.1) is 14.2 Å². The highest BCUT2D eigenvalue weighted by molar-refractivity contribution is 14.1. The summed E-state index contributed by atoms with van der Waals surface area (Å²) in [5, 5.41) is 0. The van der Waals surface area contributed by atoms with Gasteiger partial charge in [0, 0.05) is 18.7 Å². The molecule has 1 N–H and O–H groups in total. The van der Waals surface area contributed by atoms with Crippen molar-refractivity contribution in [3.05, 3.63) is 26.3 Å². The van der Waals surface area contributed by atoms with Crippen molar-refractivity contribution in [2.45, 2.75) is 31.9 Å². The molecule has 0 unspecified atom stereocenters. The molecule has 0 saturated heterocycles. The van der Waals surface area contributed by atoms with E-state index in [0.717, 1.165) is 30.5 Å². The summed E-state index contributed by atoms with van der Waals surface area (Å²) < 4.78 is 22.6. The standard InChI is InChI=1S/C13H14FIN2OS/c1-2-18-8-3-7(4-8)17-12-5-9(14)10(15)6-11(12)16-13(17)19/h5-8H,2-4H2,1H3,(H,16,19). The Hall–Kier alpha value is -0.470. The molecule has 102 valence electrons. The zero-order chi connectivity index (χ0) is 13.6. The summed E-state index contributed by atoms with van der Waals surface area (Å²) in [5.41, 5.74) is 1.75. The Bertz CT molecular complexity index is 675. The van der Waals surface area contributed by atoms with Crippen LogP contribution in [0.1, 0.15) is 25.8 Å². The number of benzene rings is 1. The van der Waals surface area contributed by atoms with Crippen LogP contribution < -0.4 is 0 Å². The van der Waals surface area contributed by atoms with E-state index in [4.69, 9.17) is 17.0 Å². The SMILES string of the molecule is CCOC1CC(n2c(=S)[nH]c3cc(I)c(F)cc32)C1. The van der Waals surface area contributed by atoms with Crippen LogP contribution in [0.5, 0.6) is 0 Å². The summed E-state index contributed by atoms with van der Waals surface area (Å²) in [6, 6.07) is 3.69. The lowest BCUT2D eigenvalue weighted by Crippen LogP contribution is -2.33. The van der Waals surface area contributed by atoms with Gasteiger partial charge in [-0.3, -0.25) is 0 Å². The summed E-state index contributed by atoms with van der Waals surface area (Å²) >= 11 is 7.35. The largest absolute Gasteiger partial charge is 0.378 e. The number of hydrogen-bond acceptors (Lipinski definition) is 2. The van der Waals surface area contributed by atoms with E-state index < -0.39 is 0 Å². The van der Waals surface area contributed by atoms with Crippen molar-refractivity contribution in [3.63, 3.8) is 0 Å². The lowest BCUT2D eigenvalue weighted by molar-refractivity contribution is -0.0190. The van der Waals surface area contributed by atoms with Gasteiger partial charge in [0.2, 0.25) is 0 Å². The molecule has 0 bridgehead atoms. The van der Waals surface area contributed by atoms with E-state index >= 15 is 0 Å². The van der Waals surface area contributed by atoms with Gasteiger partial charge in [-0.2, -0.15) is 0 Å². The molecule has 1 aromatic carbocycles. The van der Waals surface area contributed by atoms with Gasteiger partial charge in [-0.15, -0.1) is 0 Å². The van der Waals surface area contributed by atoms with Crippen molar-refractivity contribution in [1.82, 2.24) is 9.55 Å². The highest BCUT2D eigenvalue weighted by Gasteiger charge is 2.32. The Labute approximate surface area is 129 Å². The lowest BCUT2D eigenvalue weighted by Gasteiger charge is -2.36. The maximum absolute atomic E-state index is 13.7. The first-order chi connectivity index (χ1) is 9.10. The van der Waals surface area contributed by atoms with E-state index in [1.54, 1.807) is 12.1 Å². The minimum Gasteiger partial charge on any atom is -0.378 e. The van der Waals surface area contributed by atoms with Crippen LogP contribution in [0.2, 0.25) is 0 Å². The topological polar surface area (TPSA) is 29.9 Å². The van der Waals surface area contributed by atoms with E-state index in [-0.39, 0.29) is 5.82 Å². The maximum Gasteiger partial charge on any atom is 0.178 e. The molecule has 2 aromatic rings. The van der Waals surface area contributed by atoms with Crippen LogP contribution >= 0.6 is 34.8 Å². The van der Waals surface area contributed by atoms with Crippen LogP contribution in [0.25, 0.3) is 11.0 Å². The molecule has 1 heterocycles. The third kappa shape index (κ3) is 2.34. The molecule has 0 atom stereocenters. The van der Waals surface area contributed by atoms with Gasteiger partial charge < -0.3 is 14.3 Å². The van der Waals surface area contributed by atoms with E-state index in [0.29, 0.717) is 20.5 Å². The fourth-order valence-electron chi connectivity index (χ4n) is 2.60. The molecule has 1 aromatic heterocycles. The summed E-state index contributed by atoms with van der Waals surface area (Å²) in [6.45, 7) is 2.74. The van der Waals surface area contributed by atoms with Gasteiger partial charge in [-0.05, 0) is 60.6 Å². The number of aromatic amines is 1. The smallest absolute Gasteiger partial charge is 0.178 e. The third-order valence-electron chi connectivity index (χ3n) is 3.60. The molecule has 0 aliphatic heterocycles. The number of hydrogen-bond donors (Lipinski definition) is 1. The Morgan fingerprint density at radius 2 is 2.26 bits per heavy atom. The second kappa shape index (κ2) is 5.14. The molecule has 6 heteroatoms. The number of rotatable bonds is 3. The second-order valence-electron chi connectivity index (χ2n) is 4.79. The van der Waals surface area contributed by atoms with Crippen molar-refractivity contribution in [2.75, 3.05) is 6.61 Å². The molecule has 1 saturated carbocycles. The van der Waals surface area contributed by atoms with Crippen molar-refractivity contribution in [2.24, 2.45) is 0 Å². The predicted octanol–water partition coefficient (Wildman–Crippen LogP) is 4.18. The first-order valence-corrected chi connectivity index (χ1v) is 7.79. The lowest BCUT2D eigenvalue weighted by atomic mass is 9.89. The molecule has 1 aliphatic rings. The van der Waals surface area contributed by atoms with Gasteiger partial charge >= 0.3 is 0 Å².